The van der Waals surface area contributed by atoms with Gasteiger partial charge in [-0.05, 0) is 17.6 Å². The maximum Gasteiger partial charge on any atom is 0.169 e. The maximum atomic E-state index is 13.0. The van der Waals surface area contributed by atoms with E-state index >= 15 is 0 Å². The zero-order chi connectivity index (χ0) is 12.7. The summed E-state index contributed by atoms with van der Waals surface area (Å²) in [4.78, 5) is 10.1. The second-order valence-electron chi connectivity index (χ2n) is 2.72. The average Bonchev–Trinajstić information content (AvgIpc) is 2.54. The van der Waals surface area contributed by atoms with Crippen LogP contribution in [-0.4, -0.2) is 28.8 Å². The summed E-state index contributed by atoms with van der Waals surface area (Å²) in [5.74, 6) is -0.819. The van der Waals surface area contributed by atoms with Crippen LogP contribution < -0.4 is 0 Å². The van der Waals surface area contributed by atoms with E-state index in [-0.39, 0.29) is 10.6 Å². The van der Waals surface area contributed by atoms with E-state index in [0.717, 1.165) is 6.61 Å². The zero-order valence-corrected chi connectivity index (χ0v) is 10.8. The summed E-state index contributed by atoms with van der Waals surface area (Å²) in [6.07, 6.45) is 1.57. The van der Waals surface area contributed by atoms with Crippen LogP contribution in [-0.2, 0) is 21.8 Å². The number of carbonyl (C=O) groups excluding carboxylic acids is 1. The highest BCUT2D eigenvalue weighted by Crippen LogP contribution is 2.18. The largest absolute Gasteiger partial charge is 0.385 e. The molecule has 1 rings (SSSR count). The SMILES string of the molecule is CCOC.Cn1cc(S(=O)Cl)c(F)c1C=O. The van der Waals surface area contributed by atoms with Crippen molar-refractivity contribution in [2.45, 2.75) is 11.8 Å². The summed E-state index contributed by atoms with van der Waals surface area (Å²) in [7, 11) is 6.39. The number of nitrogens with zero attached hydrogens (tertiary/aromatic N) is 1. The molecule has 0 radical (unpaired) electrons. The summed E-state index contributed by atoms with van der Waals surface area (Å²) in [6, 6.07) is 0. The standard InChI is InChI=1S/C6H5ClFNO2S.C3H8O/c1-9-2-5(12(7)11)6(8)4(9)3-10;1-3-4-2/h2-3H,1H3;3H2,1-2H3. The second kappa shape index (κ2) is 7.54. The van der Waals surface area contributed by atoms with Gasteiger partial charge in [-0.1, -0.05) is 0 Å². The van der Waals surface area contributed by atoms with Gasteiger partial charge in [0.25, 0.3) is 0 Å². The predicted octanol–water partition coefficient (Wildman–Crippen LogP) is 1.89. The number of aldehydes is 1. The van der Waals surface area contributed by atoms with Crippen molar-refractivity contribution in [2.75, 3.05) is 13.7 Å². The molecule has 4 nitrogen and oxygen atoms in total. The van der Waals surface area contributed by atoms with Crippen LogP contribution in [0.15, 0.2) is 11.1 Å². The van der Waals surface area contributed by atoms with E-state index in [1.807, 2.05) is 6.92 Å². The van der Waals surface area contributed by atoms with Crippen LogP contribution in [0.1, 0.15) is 17.4 Å². The second-order valence-corrected chi connectivity index (χ2v) is 4.45. The number of halogens is 2. The van der Waals surface area contributed by atoms with E-state index in [1.54, 1.807) is 7.11 Å². The smallest absolute Gasteiger partial charge is 0.169 e. The number of methoxy groups -OCH3 is 1. The van der Waals surface area contributed by atoms with E-state index in [1.165, 1.54) is 17.8 Å². The lowest BCUT2D eigenvalue weighted by Gasteiger charge is -1.89. The molecule has 0 aliphatic carbocycles. The van der Waals surface area contributed by atoms with Gasteiger partial charge in [0.15, 0.2) is 22.1 Å². The van der Waals surface area contributed by atoms with Gasteiger partial charge < -0.3 is 9.30 Å². The number of carbonyl (C=O) groups is 1. The molecule has 7 heteroatoms. The van der Waals surface area contributed by atoms with Gasteiger partial charge in [0.05, 0.1) is 0 Å². The lowest BCUT2D eigenvalue weighted by atomic mass is 10.4. The van der Waals surface area contributed by atoms with Crippen LogP contribution in [0.5, 0.6) is 0 Å². The summed E-state index contributed by atoms with van der Waals surface area (Å²) >= 11 is 0. The minimum atomic E-state index is -1.91. The highest BCUT2D eigenvalue weighted by Gasteiger charge is 2.16. The molecule has 0 spiro atoms. The fourth-order valence-electron chi connectivity index (χ4n) is 0.830. The summed E-state index contributed by atoms with van der Waals surface area (Å²) < 4.78 is 29.4. The number of ether oxygens (including phenoxy) is 1. The zero-order valence-electron chi connectivity index (χ0n) is 9.20. The Morgan fingerprint density at radius 2 is 2.19 bits per heavy atom. The predicted molar refractivity (Wildman–Crippen MR) is 60.6 cm³/mol. The lowest BCUT2D eigenvalue weighted by Crippen LogP contribution is -1.94. The minimum absolute atomic E-state index is 0.154. The Bertz CT molecular complexity index is 379. The average molecular weight is 270 g/mol. The fourth-order valence-corrected chi connectivity index (χ4v) is 1.64. The number of hydrogen-bond donors (Lipinski definition) is 0. The third-order valence-electron chi connectivity index (χ3n) is 1.71. The first-order valence-corrected chi connectivity index (χ1v) is 6.34. The first kappa shape index (κ1) is 15.3. The third-order valence-corrected chi connectivity index (χ3v) is 2.83. The van der Waals surface area contributed by atoms with Gasteiger partial charge in [-0.15, -0.1) is 0 Å². The summed E-state index contributed by atoms with van der Waals surface area (Å²) in [5.41, 5.74) is -0.154. The lowest BCUT2D eigenvalue weighted by molar-refractivity contribution is 0.111. The Hall–Kier alpha value is -0.720. The van der Waals surface area contributed by atoms with Crippen LogP contribution in [0.3, 0.4) is 0 Å². The Morgan fingerprint density at radius 3 is 2.38 bits per heavy atom. The number of aryl methyl sites for hydroxylation is 1. The summed E-state index contributed by atoms with van der Waals surface area (Å²) in [5, 5.41) is 0. The Labute approximate surface area is 100 Å². The highest BCUT2D eigenvalue weighted by atomic mass is 35.7. The molecule has 0 aromatic carbocycles. The monoisotopic (exact) mass is 269 g/mol. The van der Waals surface area contributed by atoms with Gasteiger partial charge in [-0.3, -0.25) is 4.79 Å². The maximum absolute atomic E-state index is 13.0. The van der Waals surface area contributed by atoms with E-state index < -0.39 is 15.8 Å². The molecule has 1 unspecified atom stereocenters. The topological polar surface area (TPSA) is 48.3 Å². The first-order valence-electron chi connectivity index (χ1n) is 4.36. The van der Waals surface area contributed by atoms with E-state index in [4.69, 9.17) is 10.7 Å². The third kappa shape index (κ3) is 4.03. The van der Waals surface area contributed by atoms with Gasteiger partial charge in [-0.2, -0.15) is 0 Å². The van der Waals surface area contributed by atoms with Crippen molar-refractivity contribution >= 4 is 27.0 Å². The van der Waals surface area contributed by atoms with Crippen molar-refractivity contribution in [2.24, 2.45) is 7.05 Å². The van der Waals surface area contributed by atoms with Crippen molar-refractivity contribution in [1.82, 2.24) is 4.57 Å². The van der Waals surface area contributed by atoms with Crippen molar-refractivity contribution in [3.05, 3.63) is 17.7 Å². The van der Waals surface area contributed by atoms with Crippen LogP contribution in [0, 0.1) is 5.82 Å². The van der Waals surface area contributed by atoms with Crippen molar-refractivity contribution in [1.29, 1.82) is 0 Å². The van der Waals surface area contributed by atoms with E-state index in [9.17, 15) is 13.4 Å². The molecule has 0 amide bonds. The fraction of sp³-hybridized carbons (Fsp3) is 0.444. The first-order chi connectivity index (χ1) is 7.49. The number of hydrogen-bond acceptors (Lipinski definition) is 3. The highest BCUT2D eigenvalue weighted by molar-refractivity contribution is 8.08. The molecule has 0 bridgehead atoms. The molecular weight excluding hydrogens is 257 g/mol. The van der Waals surface area contributed by atoms with Crippen molar-refractivity contribution in [3.63, 3.8) is 0 Å². The Kier molecular flexibility index (Phi) is 7.20. The molecule has 0 saturated carbocycles. The molecular formula is C9H13ClFNO3S. The van der Waals surface area contributed by atoms with Crippen molar-refractivity contribution < 1.29 is 18.1 Å². The minimum Gasteiger partial charge on any atom is -0.385 e. The molecule has 1 aromatic rings. The van der Waals surface area contributed by atoms with Crippen LogP contribution >= 0.6 is 10.7 Å². The van der Waals surface area contributed by atoms with Gasteiger partial charge >= 0.3 is 0 Å². The molecule has 1 heterocycles. The molecule has 0 aliphatic heterocycles. The molecule has 0 saturated heterocycles. The molecule has 16 heavy (non-hydrogen) atoms. The number of aromatic nitrogens is 1. The molecule has 0 aliphatic rings. The molecule has 1 aromatic heterocycles. The summed E-state index contributed by atoms with van der Waals surface area (Å²) in [6.45, 7) is 2.78. The van der Waals surface area contributed by atoms with E-state index in [2.05, 4.69) is 4.74 Å². The van der Waals surface area contributed by atoms with Gasteiger partial charge in [0.1, 0.15) is 10.6 Å². The quantitative estimate of drug-likeness (QED) is 0.622. The molecule has 92 valence electrons. The number of rotatable bonds is 3. The van der Waals surface area contributed by atoms with Gasteiger partial charge in [-0.25, -0.2) is 8.60 Å². The normalized spacial score (nSPS) is 11.6. The molecule has 1 atom stereocenters. The van der Waals surface area contributed by atoms with Crippen LogP contribution in [0.2, 0.25) is 0 Å². The van der Waals surface area contributed by atoms with E-state index in [0.29, 0.717) is 6.29 Å². The Morgan fingerprint density at radius 1 is 1.69 bits per heavy atom. The van der Waals surface area contributed by atoms with Crippen LogP contribution in [0.25, 0.3) is 0 Å². The van der Waals surface area contributed by atoms with Crippen molar-refractivity contribution in [3.8, 4) is 0 Å². The van der Waals surface area contributed by atoms with Crippen LogP contribution in [0.4, 0.5) is 4.39 Å². The molecule has 0 fully saturated rings. The molecule has 0 N–H and O–H groups in total. The Balaban J connectivity index is 0.000000487. The van der Waals surface area contributed by atoms with Gasteiger partial charge in [0.2, 0.25) is 0 Å². The van der Waals surface area contributed by atoms with Gasteiger partial charge in [0, 0.05) is 27.0 Å².